The van der Waals surface area contributed by atoms with Crippen molar-refractivity contribution < 1.29 is 0 Å². The number of benzene rings is 1. The van der Waals surface area contributed by atoms with Gasteiger partial charge in [-0.25, -0.2) is 19.9 Å². The fourth-order valence-corrected chi connectivity index (χ4v) is 6.23. The van der Waals surface area contributed by atoms with Crippen molar-refractivity contribution in [3.05, 3.63) is 53.1 Å². The summed E-state index contributed by atoms with van der Waals surface area (Å²) in [4.78, 5) is 23.8. The molecule has 11 heteroatoms. The van der Waals surface area contributed by atoms with Crippen molar-refractivity contribution in [2.45, 2.75) is 35.2 Å². The summed E-state index contributed by atoms with van der Waals surface area (Å²) in [6.07, 6.45) is 8.06. The summed E-state index contributed by atoms with van der Waals surface area (Å²) in [5.74, 6) is 1.42. The van der Waals surface area contributed by atoms with Gasteiger partial charge in [0.05, 0.1) is 28.6 Å². The molecule has 1 atom stereocenters. The maximum atomic E-state index is 6.81. The quantitative estimate of drug-likeness (QED) is 0.336. The Balaban J connectivity index is 1.17. The lowest BCUT2D eigenvalue weighted by Crippen LogP contribution is -2.44. The van der Waals surface area contributed by atoms with Crippen molar-refractivity contribution in [3.8, 4) is 0 Å². The van der Waals surface area contributed by atoms with Crippen LogP contribution in [0.2, 0.25) is 5.02 Å². The van der Waals surface area contributed by atoms with E-state index in [1.807, 2.05) is 0 Å². The molecule has 6 rings (SSSR count). The Morgan fingerprint density at radius 1 is 1.12 bits per heavy atom. The van der Waals surface area contributed by atoms with E-state index >= 15 is 0 Å². The van der Waals surface area contributed by atoms with Crippen LogP contribution in [0, 0.1) is 5.41 Å². The predicted molar refractivity (Wildman–Crippen MR) is 135 cm³/mol. The highest BCUT2D eigenvalue weighted by Gasteiger charge is 2.46. The molecule has 4 heterocycles. The number of nitrogens with one attached hydrogen (secondary N) is 1. The number of rotatable bonds is 3. The number of halogens is 1. The van der Waals surface area contributed by atoms with Crippen molar-refractivity contribution in [3.63, 3.8) is 0 Å². The first-order valence-electron chi connectivity index (χ1n) is 11.1. The Kier molecular flexibility index (Phi) is 5.05. The fourth-order valence-electron chi connectivity index (χ4n) is 5.21. The molecule has 174 valence electrons. The van der Waals surface area contributed by atoms with Gasteiger partial charge >= 0.3 is 0 Å². The van der Waals surface area contributed by atoms with Gasteiger partial charge in [-0.15, -0.1) is 0 Å². The molecule has 2 aliphatic rings. The Morgan fingerprint density at radius 3 is 2.74 bits per heavy atom. The molecule has 34 heavy (non-hydrogen) atoms. The van der Waals surface area contributed by atoms with Crippen LogP contribution >= 0.6 is 23.4 Å². The lowest BCUT2D eigenvalue weighted by Gasteiger charge is -2.42. The minimum atomic E-state index is 0.0122. The second-order valence-electron chi connectivity index (χ2n) is 9.00. The smallest absolute Gasteiger partial charge is 0.158 e. The summed E-state index contributed by atoms with van der Waals surface area (Å²) < 4.78 is 0. The van der Waals surface area contributed by atoms with Crippen LogP contribution in [0.3, 0.4) is 0 Å². The summed E-state index contributed by atoms with van der Waals surface area (Å²) in [5, 5.41) is 0.975. The number of aromatic nitrogens is 5. The van der Waals surface area contributed by atoms with Crippen LogP contribution < -0.4 is 22.1 Å². The number of hydrogen-bond donors (Lipinski definition) is 4. The van der Waals surface area contributed by atoms with Crippen LogP contribution in [0.1, 0.15) is 30.0 Å². The molecule has 9 nitrogen and oxygen atoms in total. The Labute approximate surface area is 205 Å². The summed E-state index contributed by atoms with van der Waals surface area (Å²) in [6.45, 7) is 1.70. The zero-order chi connectivity index (χ0) is 23.4. The molecule has 1 aromatic carbocycles. The number of H-pyrrole nitrogens is 1. The number of hydrogen-bond acceptors (Lipinski definition) is 9. The van der Waals surface area contributed by atoms with Gasteiger partial charge in [0.2, 0.25) is 0 Å². The first-order chi connectivity index (χ1) is 16.4. The number of imidazole rings is 1. The van der Waals surface area contributed by atoms with E-state index in [1.165, 1.54) is 22.9 Å². The minimum absolute atomic E-state index is 0.0122. The summed E-state index contributed by atoms with van der Waals surface area (Å²) >= 11 is 7.58. The van der Waals surface area contributed by atoms with Crippen molar-refractivity contribution in [1.29, 1.82) is 0 Å². The van der Waals surface area contributed by atoms with Crippen LogP contribution in [0.5, 0.6) is 0 Å². The van der Waals surface area contributed by atoms with Crippen molar-refractivity contribution in [2.75, 3.05) is 29.5 Å². The lowest BCUT2D eigenvalue weighted by atomic mass is 9.73. The predicted octanol–water partition coefficient (Wildman–Crippen LogP) is 3.56. The van der Waals surface area contributed by atoms with Crippen LogP contribution in [-0.4, -0.2) is 38.0 Å². The van der Waals surface area contributed by atoms with Crippen molar-refractivity contribution in [1.82, 2.24) is 24.9 Å². The summed E-state index contributed by atoms with van der Waals surface area (Å²) in [6, 6.07) is 6.16. The largest absolute Gasteiger partial charge is 0.382 e. The van der Waals surface area contributed by atoms with Gasteiger partial charge in [0.25, 0.3) is 0 Å². The standard InChI is InChI=1S/C23H24ClN9S/c24-18-16(1-4-28-20(18)26)34-22-21(27)32-17(10-29-22)33-5-2-23(3-6-33)9-12-7-14-15(31-11-30-14)8-13(12)19(23)25/h1,4,7-8,10-11,19H,2-3,5-6,9,25H2,(H2,26,28)(H2,27,32)(H,30,31). The highest BCUT2D eigenvalue weighted by molar-refractivity contribution is 7.99. The molecule has 1 saturated heterocycles. The highest BCUT2D eigenvalue weighted by atomic mass is 35.5. The molecule has 0 amide bonds. The minimum Gasteiger partial charge on any atom is -0.382 e. The molecular formula is C23H24ClN9S. The van der Waals surface area contributed by atoms with Gasteiger partial charge in [-0.1, -0.05) is 23.4 Å². The molecule has 1 unspecified atom stereocenters. The number of pyridine rings is 1. The van der Waals surface area contributed by atoms with Gasteiger partial charge in [-0.2, -0.15) is 0 Å². The first kappa shape index (κ1) is 21.5. The molecular weight excluding hydrogens is 470 g/mol. The van der Waals surface area contributed by atoms with E-state index in [0.29, 0.717) is 15.9 Å². The molecule has 7 N–H and O–H groups in total. The van der Waals surface area contributed by atoms with E-state index in [2.05, 4.69) is 42.0 Å². The zero-order valence-corrected chi connectivity index (χ0v) is 19.9. The fraction of sp³-hybridized carbons (Fsp3) is 0.304. The Hall–Kier alpha value is -3.08. The number of aromatic amines is 1. The van der Waals surface area contributed by atoms with Crippen molar-refractivity contribution >= 4 is 51.8 Å². The second-order valence-corrected chi connectivity index (χ2v) is 10.4. The number of anilines is 3. The summed E-state index contributed by atoms with van der Waals surface area (Å²) in [5.41, 5.74) is 23.5. The first-order valence-corrected chi connectivity index (χ1v) is 12.3. The molecule has 1 fully saturated rings. The molecule has 0 radical (unpaired) electrons. The van der Waals surface area contributed by atoms with E-state index in [1.54, 1.807) is 24.8 Å². The van der Waals surface area contributed by atoms with Crippen LogP contribution in [-0.2, 0) is 6.42 Å². The van der Waals surface area contributed by atoms with Gasteiger partial charge < -0.3 is 27.1 Å². The maximum Gasteiger partial charge on any atom is 0.158 e. The van der Waals surface area contributed by atoms with Crippen LogP contribution in [0.4, 0.5) is 17.5 Å². The van der Waals surface area contributed by atoms with Gasteiger partial charge in [0, 0.05) is 30.2 Å². The molecule has 3 aromatic heterocycles. The molecule has 4 aromatic rings. The monoisotopic (exact) mass is 493 g/mol. The topological polar surface area (TPSA) is 149 Å². The van der Waals surface area contributed by atoms with Gasteiger partial charge in [-0.3, -0.25) is 0 Å². The molecule has 1 aliphatic heterocycles. The third-order valence-electron chi connectivity index (χ3n) is 7.14. The average Bonchev–Trinajstić information content (AvgIpc) is 3.39. The van der Waals surface area contributed by atoms with Gasteiger partial charge in [-0.05, 0) is 54.0 Å². The molecule has 0 saturated carbocycles. The van der Waals surface area contributed by atoms with E-state index in [9.17, 15) is 0 Å². The number of piperidine rings is 1. The molecule has 0 bridgehead atoms. The SMILES string of the molecule is Nc1nc(N2CCC3(CC2)Cc2cc4[nH]cnc4cc2C3N)cnc1Sc1ccnc(N)c1Cl. The normalized spacial score (nSPS) is 19.1. The van der Waals surface area contributed by atoms with Crippen molar-refractivity contribution in [2.24, 2.45) is 11.1 Å². The highest BCUT2D eigenvalue weighted by Crippen LogP contribution is 2.51. The van der Waals surface area contributed by atoms with Crippen LogP contribution in [0.15, 0.2) is 46.8 Å². The molecule has 1 spiro atoms. The number of nitrogens with zero attached hydrogens (tertiary/aromatic N) is 5. The van der Waals surface area contributed by atoms with E-state index < -0.39 is 0 Å². The van der Waals surface area contributed by atoms with E-state index in [0.717, 1.165) is 54.1 Å². The van der Waals surface area contributed by atoms with Gasteiger partial charge in [0.15, 0.2) is 5.82 Å². The summed E-state index contributed by atoms with van der Waals surface area (Å²) in [7, 11) is 0. The lowest BCUT2D eigenvalue weighted by molar-refractivity contribution is 0.187. The van der Waals surface area contributed by atoms with Gasteiger partial charge in [0.1, 0.15) is 16.7 Å². The average molecular weight is 494 g/mol. The molecule has 1 aliphatic carbocycles. The van der Waals surface area contributed by atoms with E-state index in [-0.39, 0.29) is 17.3 Å². The second kappa shape index (κ2) is 8.00. The number of nitrogen functional groups attached to an aromatic ring is 2. The number of fused-ring (bicyclic) bond motifs is 2. The van der Waals surface area contributed by atoms with Crippen LogP contribution in [0.25, 0.3) is 11.0 Å². The Morgan fingerprint density at radius 2 is 1.94 bits per heavy atom. The Bertz CT molecular complexity index is 1400. The number of nitrogens with two attached hydrogens (primary N) is 3. The maximum absolute atomic E-state index is 6.81. The van der Waals surface area contributed by atoms with E-state index in [4.69, 9.17) is 28.8 Å². The zero-order valence-electron chi connectivity index (χ0n) is 18.3. The third-order valence-corrected chi connectivity index (χ3v) is 8.72. The third kappa shape index (κ3) is 3.44.